The summed E-state index contributed by atoms with van der Waals surface area (Å²) in [5.74, 6) is 2.99. The number of imidazole rings is 2. The molecule has 2 N–H and O–H groups in total. The molecule has 40 heavy (non-hydrogen) atoms. The number of aromatic nitrogens is 4. The van der Waals surface area contributed by atoms with Crippen LogP contribution >= 0.6 is 0 Å². The van der Waals surface area contributed by atoms with Crippen molar-refractivity contribution in [3.05, 3.63) is 59.2 Å². The fraction of sp³-hybridized carbons (Fsp3) is 0.500. The van der Waals surface area contributed by atoms with Crippen LogP contribution in [0.5, 0.6) is 0 Å². The Hall–Kier alpha value is -3.68. The summed E-state index contributed by atoms with van der Waals surface area (Å²) in [5, 5.41) is 0. The van der Waals surface area contributed by atoms with Crippen molar-refractivity contribution in [3.8, 4) is 0 Å². The number of rotatable bonds is 7. The summed E-state index contributed by atoms with van der Waals surface area (Å²) in [6, 6.07) is 13.1. The number of carbonyl (C=O) groups excluding carboxylic acids is 2. The molecule has 2 aromatic heterocycles. The summed E-state index contributed by atoms with van der Waals surface area (Å²) in [5.41, 5.74) is 6.58. The molecule has 2 amide bonds. The molecule has 8 heteroatoms. The van der Waals surface area contributed by atoms with Gasteiger partial charge in [-0.05, 0) is 99.6 Å². The SMILES string of the molecule is O=C(C1CC1)N1CCCC1c1nc2ccc(CCc3ccc4nc([C@@H]5CCCN5C(=O)C5CC5)[nH]c4c3)cc2[nH]1. The number of carbonyl (C=O) groups is 2. The minimum absolute atomic E-state index is 0.0816. The van der Waals surface area contributed by atoms with Crippen LogP contribution in [-0.2, 0) is 22.4 Å². The molecule has 0 radical (unpaired) electrons. The average molecular weight is 537 g/mol. The quantitative estimate of drug-likeness (QED) is 0.332. The first-order valence-electron chi connectivity index (χ1n) is 15.2. The topological polar surface area (TPSA) is 98.0 Å². The van der Waals surface area contributed by atoms with E-state index in [1.54, 1.807) is 0 Å². The van der Waals surface area contributed by atoms with Gasteiger partial charge in [-0.2, -0.15) is 0 Å². The molecular weight excluding hydrogens is 500 g/mol. The van der Waals surface area contributed by atoms with Gasteiger partial charge in [0.05, 0.1) is 34.2 Å². The third kappa shape index (κ3) is 4.38. The summed E-state index contributed by atoms with van der Waals surface area (Å²) in [4.78, 5) is 46.5. The van der Waals surface area contributed by atoms with E-state index in [-0.39, 0.29) is 23.9 Å². The number of aromatic amines is 2. The Bertz CT molecular complexity index is 1490. The fourth-order valence-electron chi connectivity index (χ4n) is 6.83. The van der Waals surface area contributed by atoms with Crippen LogP contribution in [0.4, 0.5) is 0 Å². The molecule has 4 fully saturated rings. The van der Waals surface area contributed by atoms with E-state index in [2.05, 4.69) is 56.2 Å². The Balaban J connectivity index is 0.963. The van der Waals surface area contributed by atoms with Crippen molar-refractivity contribution >= 4 is 33.9 Å². The molecule has 4 aliphatic rings. The lowest BCUT2D eigenvalue weighted by molar-refractivity contribution is -0.134. The van der Waals surface area contributed by atoms with E-state index in [1.807, 2.05) is 0 Å². The van der Waals surface area contributed by atoms with Crippen LogP contribution < -0.4 is 0 Å². The first-order valence-corrected chi connectivity index (χ1v) is 15.2. The Morgan fingerprint density at radius 3 is 1.55 bits per heavy atom. The van der Waals surface area contributed by atoms with E-state index in [0.29, 0.717) is 11.8 Å². The molecule has 2 atom stereocenters. The molecule has 2 aliphatic carbocycles. The van der Waals surface area contributed by atoms with E-state index < -0.39 is 0 Å². The molecule has 2 aromatic carbocycles. The molecule has 2 saturated carbocycles. The standard InChI is InChI=1S/C32H36N6O2/c39-31(21-9-10-21)37-15-1-3-27(37)29-33-23-13-7-19(17-25(23)35-29)5-6-20-8-14-24-26(18-20)36-30(34-24)28-4-2-16-38(28)32(40)22-11-12-22/h7-8,13-14,17-18,21-22,27-28H,1-6,9-12,15-16H2,(H,33,35)(H,34,36)/t27-,28?/m0/s1. The van der Waals surface area contributed by atoms with E-state index >= 15 is 0 Å². The normalized spacial score (nSPS) is 23.1. The molecule has 2 saturated heterocycles. The van der Waals surface area contributed by atoms with Gasteiger partial charge in [-0.15, -0.1) is 0 Å². The summed E-state index contributed by atoms with van der Waals surface area (Å²) >= 11 is 0. The van der Waals surface area contributed by atoms with Crippen LogP contribution in [0.2, 0.25) is 0 Å². The van der Waals surface area contributed by atoms with Gasteiger partial charge in [-0.1, -0.05) is 12.1 Å². The molecule has 8 rings (SSSR count). The summed E-state index contributed by atoms with van der Waals surface area (Å²) in [7, 11) is 0. The molecule has 8 nitrogen and oxygen atoms in total. The van der Waals surface area contributed by atoms with Crippen LogP contribution in [0.1, 0.15) is 86.2 Å². The van der Waals surface area contributed by atoms with Gasteiger partial charge in [-0.3, -0.25) is 9.59 Å². The number of hydrogen-bond donors (Lipinski definition) is 2. The Morgan fingerprint density at radius 2 is 1.12 bits per heavy atom. The number of aryl methyl sites for hydroxylation is 2. The highest BCUT2D eigenvalue weighted by molar-refractivity contribution is 5.83. The summed E-state index contributed by atoms with van der Waals surface area (Å²) < 4.78 is 0. The van der Waals surface area contributed by atoms with Gasteiger partial charge in [0.15, 0.2) is 0 Å². The van der Waals surface area contributed by atoms with Crippen molar-refractivity contribution in [2.24, 2.45) is 11.8 Å². The zero-order valence-electron chi connectivity index (χ0n) is 22.9. The molecule has 4 aromatic rings. The second-order valence-corrected chi connectivity index (χ2v) is 12.4. The lowest BCUT2D eigenvalue weighted by Gasteiger charge is -2.23. The maximum Gasteiger partial charge on any atom is 0.226 e. The first-order chi connectivity index (χ1) is 19.6. The smallest absolute Gasteiger partial charge is 0.226 e. The highest BCUT2D eigenvalue weighted by Crippen LogP contribution is 2.39. The molecule has 4 heterocycles. The zero-order chi connectivity index (χ0) is 26.8. The van der Waals surface area contributed by atoms with E-state index in [1.165, 1.54) is 11.1 Å². The Morgan fingerprint density at radius 1 is 0.675 bits per heavy atom. The number of fused-ring (bicyclic) bond motifs is 2. The average Bonchev–Trinajstić information content (AvgIpc) is 3.77. The van der Waals surface area contributed by atoms with Gasteiger partial charge in [0, 0.05) is 24.9 Å². The van der Waals surface area contributed by atoms with Crippen LogP contribution in [-0.4, -0.2) is 54.6 Å². The molecule has 2 aliphatic heterocycles. The van der Waals surface area contributed by atoms with Crippen LogP contribution in [0, 0.1) is 11.8 Å². The zero-order valence-corrected chi connectivity index (χ0v) is 22.9. The fourth-order valence-corrected chi connectivity index (χ4v) is 6.83. The highest BCUT2D eigenvalue weighted by atomic mass is 16.2. The lowest BCUT2D eigenvalue weighted by Crippen LogP contribution is -2.32. The number of H-pyrrole nitrogens is 2. The molecule has 0 spiro atoms. The molecule has 1 unspecified atom stereocenters. The van der Waals surface area contributed by atoms with Crippen molar-refractivity contribution in [1.82, 2.24) is 29.7 Å². The first kappa shape index (κ1) is 24.1. The maximum atomic E-state index is 12.8. The Kier molecular flexibility index (Phi) is 5.71. The number of amides is 2. The van der Waals surface area contributed by atoms with E-state index in [9.17, 15) is 9.59 Å². The van der Waals surface area contributed by atoms with Crippen LogP contribution in [0.25, 0.3) is 22.1 Å². The number of nitrogens with zero attached hydrogens (tertiary/aromatic N) is 4. The van der Waals surface area contributed by atoms with Crippen LogP contribution in [0.15, 0.2) is 36.4 Å². The molecule has 206 valence electrons. The molecule has 0 bridgehead atoms. The third-order valence-electron chi connectivity index (χ3n) is 9.39. The van der Waals surface area contributed by atoms with Crippen molar-refractivity contribution in [2.75, 3.05) is 13.1 Å². The number of nitrogens with one attached hydrogen (secondary N) is 2. The van der Waals surface area contributed by atoms with Gasteiger partial charge in [0.1, 0.15) is 11.6 Å². The van der Waals surface area contributed by atoms with Gasteiger partial charge in [0.25, 0.3) is 0 Å². The van der Waals surface area contributed by atoms with Crippen molar-refractivity contribution in [2.45, 2.75) is 76.3 Å². The molecular formula is C32H36N6O2. The predicted octanol–water partition coefficient (Wildman–Crippen LogP) is 5.37. The third-order valence-corrected chi connectivity index (χ3v) is 9.39. The van der Waals surface area contributed by atoms with Gasteiger partial charge < -0.3 is 19.8 Å². The summed E-state index contributed by atoms with van der Waals surface area (Å²) in [6.07, 6.45) is 10.1. The van der Waals surface area contributed by atoms with Crippen LogP contribution in [0.3, 0.4) is 0 Å². The van der Waals surface area contributed by atoms with Gasteiger partial charge in [0.2, 0.25) is 11.8 Å². The van der Waals surface area contributed by atoms with Gasteiger partial charge >= 0.3 is 0 Å². The van der Waals surface area contributed by atoms with Gasteiger partial charge in [-0.25, -0.2) is 9.97 Å². The second kappa shape index (κ2) is 9.46. The lowest BCUT2D eigenvalue weighted by atomic mass is 10.0. The summed E-state index contributed by atoms with van der Waals surface area (Å²) in [6.45, 7) is 1.70. The largest absolute Gasteiger partial charge is 0.340 e. The van der Waals surface area contributed by atoms with Crippen molar-refractivity contribution in [3.63, 3.8) is 0 Å². The monoisotopic (exact) mass is 536 g/mol. The number of benzene rings is 2. The van der Waals surface area contributed by atoms with E-state index in [4.69, 9.17) is 9.97 Å². The predicted molar refractivity (Wildman–Crippen MR) is 152 cm³/mol. The van der Waals surface area contributed by atoms with E-state index in [0.717, 1.165) is 111 Å². The van der Waals surface area contributed by atoms with Crippen molar-refractivity contribution in [1.29, 1.82) is 0 Å². The maximum absolute atomic E-state index is 12.8. The minimum atomic E-state index is 0.0816. The second-order valence-electron chi connectivity index (χ2n) is 12.4. The minimum Gasteiger partial charge on any atom is -0.340 e. The highest BCUT2D eigenvalue weighted by Gasteiger charge is 2.41. The number of likely N-dealkylation sites (tertiary alicyclic amines) is 2. The van der Waals surface area contributed by atoms with Crippen molar-refractivity contribution < 1.29 is 9.59 Å². The Labute approximate surface area is 233 Å². The number of hydrogen-bond acceptors (Lipinski definition) is 4.